The molecular weight excluding hydrogens is 374 g/mol. The molecule has 0 spiro atoms. The first-order chi connectivity index (χ1) is 14.0. The number of hydrogen-bond acceptors (Lipinski definition) is 6. The second-order valence-electron chi connectivity index (χ2n) is 6.71. The molecule has 0 radical (unpaired) electrons. The molecule has 2 aromatic carbocycles. The van der Waals surface area contributed by atoms with Crippen molar-refractivity contribution in [1.82, 2.24) is 4.90 Å². The molecule has 1 heterocycles. The van der Waals surface area contributed by atoms with Gasteiger partial charge in [-0.15, -0.1) is 0 Å². The zero-order valence-corrected chi connectivity index (χ0v) is 16.3. The quantitative estimate of drug-likeness (QED) is 0.416. The molecule has 152 valence electrons. The molecule has 1 N–H and O–H groups in total. The van der Waals surface area contributed by atoms with Crippen molar-refractivity contribution >= 4 is 17.5 Å². The van der Waals surface area contributed by atoms with Crippen molar-refractivity contribution in [2.75, 3.05) is 27.4 Å². The maximum absolute atomic E-state index is 13.2. The summed E-state index contributed by atoms with van der Waals surface area (Å²) < 4.78 is 10.6. The lowest BCUT2D eigenvalue weighted by Gasteiger charge is -2.27. The van der Waals surface area contributed by atoms with Gasteiger partial charge in [0.1, 0.15) is 5.92 Å². The molecule has 0 saturated carbocycles. The Labute approximate surface area is 168 Å². The highest BCUT2D eigenvalue weighted by Crippen LogP contribution is 2.41. The first-order valence-corrected chi connectivity index (χ1v) is 9.30. The van der Waals surface area contributed by atoms with Crippen LogP contribution in [0, 0.1) is 5.92 Å². The van der Waals surface area contributed by atoms with Gasteiger partial charge in [-0.2, -0.15) is 0 Å². The lowest BCUT2D eigenvalue weighted by Crippen LogP contribution is -2.32. The van der Waals surface area contributed by atoms with Crippen LogP contribution in [0.5, 0.6) is 11.5 Å². The van der Waals surface area contributed by atoms with Crippen LogP contribution in [0.4, 0.5) is 0 Å². The SMILES string of the molecule is COc1ccc(C2C(C(=O)c3ccccc3)C(=O)C(=O)N2CCCO)cc1OC. The average Bonchev–Trinajstić information content (AvgIpc) is 3.01. The minimum atomic E-state index is -1.17. The fraction of sp³-hybridized carbons (Fsp3) is 0.318. The summed E-state index contributed by atoms with van der Waals surface area (Å²) in [5.41, 5.74) is 0.960. The number of hydrogen-bond donors (Lipinski definition) is 1. The van der Waals surface area contributed by atoms with Crippen LogP contribution in [-0.2, 0) is 9.59 Å². The highest BCUT2D eigenvalue weighted by Gasteiger charge is 2.51. The van der Waals surface area contributed by atoms with Gasteiger partial charge in [0.2, 0.25) is 5.78 Å². The van der Waals surface area contributed by atoms with Crippen LogP contribution >= 0.6 is 0 Å². The Bertz CT molecular complexity index is 911. The van der Waals surface area contributed by atoms with Crippen molar-refractivity contribution in [1.29, 1.82) is 0 Å². The third-order valence-corrected chi connectivity index (χ3v) is 5.05. The molecule has 1 amide bonds. The number of ketones is 2. The normalized spacial score (nSPS) is 18.8. The van der Waals surface area contributed by atoms with Crippen molar-refractivity contribution in [3.63, 3.8) is 0 Å². The molecule has 2 unspecified atom stereocenters. The summed E-state index contributed by atoms with van der Waals surface area (Å²) in [6.45, 7) is 0.0343. The Morgan fingerprint density at radius 1 is 1.03 bits per heavy atom. The minimum absolute atomic E-state index is 0.131. The molecule has 0 aliphatic carbocycles. The van der Waals surface area contributed by atoms with E-state index in [1.165, 1.54) is 19.1 Å². The van der Waals surface area contributed by atoms with Crippen molar-refractivity contribution in [2.24, 2.45) is 5.92 Å². The highest BCUT2D eigenvalue weighted by atomic mass is 16.5. The Kier molecular flexibility index (Phi) is 6.29. The fourth-order valence-electron chi connectivity index (χ4n) is 3.66. The number of Topliss-reactive ketones (excluding diaryl/α,β-unsaturated/α-hetero) is 2. The number of rotatable bonds is 8. The molecule has 1 aliphatic rings. The van der Waals surface area contributed by atoms with E-state index in [4.69, 9.17) is 9.47 Å². The van der Waals surface area contributed by atoms with E-state index >= 15 is 0 Å². The van der Waals surface area contributed by atoms with Crippen molar-refractivity contribution < 1.29 is 29.0 Å². The van der Waals surface area contributed by atoms with Crippen LogP contribution in [0.3, 0.4) is 0 Å². The third-order valence-electron chi connectivity index (χ3n) is 5.05. The summed E-state index contributed by atoms with van der Waals surface area (Å²) >= 11 is 0. The maximum Gasteiger partial charge on any atom is 0.291 e. The Balaban J connectivity index is 2.09. The number of nitrogens with zero attached hydrogens (tertiary/aromatic N) is 1. The summed E-state index contributed by atoms with van der Waals surface area (Å²) in [6, 6.07) is 12.7. The number of methoxy groups -OCH3 is 2. The van der Waals surface area contributed by atoms with Gasteiger partial charge in [0.05, 0.1) is 20.3 Å². The minimum Gasteiger partial charge on any atom is -0.493 e. The first kappa shape index (κ1) is 20.5. The van der Waals surface area contributed by atoms with E-state index < -0.39 is 29.4 Å². The smallest absolute Gasteiger partial charge is 0.291 e. The van der Waals surface area contributed by atoms with E-state index in [9.17, 15) is 19.5 Å². The molecule has 0 bridgehead atoms. The lowest BCUT2D eigenvalue weighted by atomic mass is 9.86. The van der Waals surface area contributed by atoms with Crippen LogP contribution < -0.4 is 9.47 Å². The fourth-order valence-corrected chi connectivity index (χ4v) is 3.66. The van der Waals surface area contributed by atoms with Crippen LogP contribution in [-0.4, -0.2) is 54.9 Å². The van der Waals surface area contributed by atoms with Crippen molar-refractivity contribution in [3.05, 3.63) is 59.7 Å². The summed E-state index contributed by atoms with van der Waals surface area (Å²) in [6.07, 6.45) is 0.301. The molecule has 2 aromatic rings. The second kappa shape index (κ2) is 8.87. The van der Waals surface area contributed by atoms with E-state index in [0.29, 0.717) is 29.0 Å². The average molecular weight is 397 g/mol. The summed E-state index contributed by atoms with van der Waals surface area (Å²) in [7, 11) is 3.00. The summed E-state index contributed by atoms with van der Waals surface area (Å²) in [5, 5.41) is 9.21. The summed E-state index contributed by atoms with van der Waals surface area (Å²) in [4.78, 5) is 40.1. The lowest BCUT2D eigenvalue weighted by molar-refractivity contribution is -0.140. The summed E-state index contributed by atoms with van der Waals surface area (Å²) in [5.74, 6) is -2.09. The van der Waals surface area contributed by atoms with Crippen molar-refractivity contribution in [3.8, 4) is 11.5 Å². The number of benzene rings is 2. The number of carbonyl (C=O) groups excluding carboxylic acids is 3. The van der Waals surface area contributed by atoms with E-state index in [0.717, 1.165) is 0 Å². The van der Waals surface area contributed by atoms with Gasteiger partial charge >= 0.3 is 0 Å². The topological polar surface area (TPSA) is 93.1 Å². The molecule has 3 rings (SSSR count). The van der Waals surface area contributed by atoms with Gasteiger partial charge in [0.15, 0.2) is 17.3 Å². The monoisotopic (exact) mass is 397 g/mol. The molecule has 1 saturated heterocycles. The van der Waals surface area contributed by atoms with Crippen LogP contribution in [0.15, 0.2) is 48.5 Å². The van der Waals surface area contributed by atoms with Gasteiger partial charge in [-0.3, -0.25) is 14.4 Å². The number of amides is 1. The zero-order chi connectivity index (χ0) is 21.0. The van der Waals surface area contributed by atoms with Gasteiger partial charge < -0.3 is 19.5 Å². The molecule has 29 heavy (non-hydrogen) atoms. The van der Waals surface area contributed by atoms with Gasteiger partial charge in [-0.25, -0.2) is 0 Å². The van der Waals surface area contributed by atoms with Crippen LogP contribution in [0.2, 0.25) is 0 Å². The van der Waals surface area contributed by atoms with E-state index in [1.807, 2.05) is 0 Å². The van der Waals surface area contributed by atoms with Gasteiger partial charge in [0, 0.05) is 18.7 Å². The zero-order valence-electron chi connectivity index (χ0n) is 16.3. The van der Waals surface area contributed by atoms with Gasteiger partial charge in [0.25, 0.3) is 5.91 Å². The Hall–Kier alpha value is -3.19. The molecule has 2 atom stereocenters. The molecular formula is C22H23NO6. The number of carbonyl (C=O) groups is 3. The van der Waals surface area contributed by atoms with Gasteiger partial charge in [-0.1, -0.05) is 36.4 Å². The molecule has 0 aromatic heterocycles. The number of likely N-dealkylation sites (tertiary alicyclic amines) is 1. The van der Waals surface area contributed by atoms with Gasteiger partial charge in [-0.05, 0) is 24.1 Å². The molecule has 1 fully saturated rings. The first-order valence-electron chi connectivity index (χ1n) is 9.30. The number of ether oxygens (including phenoxy) is 2. The van der Waals surface area contributed by atoms with E-state index in [2.05, 4.69) is 0 Å². The molecule has 1 aliphatic heterocycles. The molecule has 7 nitrogen and oxygen atoms in total. The maximum atomic E-state index is 13.2. The Morgan fingerprint density at radius 3 is 2.34 bits per heavy atom. The number of aliphatic hydroxyl groups excluding tert-OH is 1. The van der Waals surface area contributed by atoms with E-state index in [-0.39, 0.29) is 13.2 Å². The molecule has 7 heteroatoms. The van der Waals surface area contributed by atoms with Crippen LogP contribution in [0.25, 0.3) is 0 Å². The third kappa shape index (κ3) is 3.86. The van der Waals surface area contributed by atoms with E-state index in [1.54, 1.807) is 48.5 Å². The van der Waals surface area contributed by atoms with Crippen molar-refractivity contribution in [2.45, 2.75) is 12.5 Å². The highest BCUT2D eigenvalue weighted by molar-refractivity contribution is 6.44. The Morgan fingerprint density at radius 2 is 1.72 bits per heavy atom. The second-order valence-corrected chi connectivity index (χ2v) is 6.71. The number of aliphatic hydroxyl groups is 1. The largest absolute Gasteiger partial charge is 0.493 e. The predicted octanol–water partition coefficient (Wildman–Crippen LogP) is 2.04. The predicted molar refractivity (Wildman–Crippen MR) is 105 cm³/mol. The van der Waals surface area contributed by atoms with Crippen LogP contribution in [0.1, 0.15) is 28.4 Å². The standard InChI is InChI=1S/C22H23NO6/c1-28-16-10-9-15(13-17(16)29-2)19-18(20(25)14-7-4-3-5-8-14)21(26)22(27)23(19)11-6-12-24/h3-5,7-10,13,18-19,24H,6,11-12H2,1-2H3.